The van der Waals surface area contributed by atoms with Gasteiger partial charge in [-0.2, -0.15) is 0 Å². The zero-order valence-corrected chi connectivity index (χ0v) is 16.4. The molecule has 4 nitrogen and oxygen atoms in total. The Kier molecular flexibility index (Phi) is 5.94. The number of carbonyl (C=O) groups is 2. The molecule has 2 aliphatic heterocycles. The summed E-state index contributed by atoms with van der Waals surface area (Å²) < 4.78 is 0. The highest BCUT2D eigenvalue weighted by molar-refractivity contribution is 5.95. The van der Waals surface area contributed by atoms with Crippen molar-refractivity contribution in [3.8, 4) is 0 Å². The van der Waals surface area contributed by atoms with E-state index in [4.69, 9.17) is 0 Å². The average molecular weight is 364 g/mol. The molecule has 0 N–H and O–H groups in total. The Bertz CT molecular complexity index is 821. The molecule has 27 heavy (non-hydrogen) atoms. The van der Waals surface area contributed by atoms with Crippen LogP contribution < -0.4 is 0 Å². The van der Waals surface area contributed by atoms with Gasteiger partial charge in [-0.25, -0.2) is 0 Å². The highest BCUT2D eigenvalue weighted by Gasteiger charge is 2.27. The summed E-state index contributed by atoms with van der Waals surface area (Å²) in [5.74, 6) is 1.02. The molecule has 142 valence electrons. The van der Waals surface area contributed by atoms with Crippen LogP contribution in [0.3, 0.4) is 0 Å². The summed E-state index contributed by atoms with van der Waals surface area (Å²) in [4.78, 5) is 27.3. The molecule has 0 aromatic heterocycles. The maximum absolute atomic E-state index is 11.9. The topological polar surface area (TPSA) is 40.6 Å². The maximum Gasteiger partial charge on any atom is 0.253 e. The van der Waals surface area contributed by atoms with Gasteiger partial charge < -0.3 is 9.80 Å². The first-order valence-electron chi connectivity index (χ1n) is 9.66. The van der Waals surface area contributed by atoms with Gasteiger partial charge in [0.25, 0.3) is 11.8 Å². The van der Waals surface area contributed by atoms with Crippen LogP contribution in [-0.4, -0.2) is 47.8 Å². The second-order valence-corrected chi connectivity index (χ2v) is 7.70. The molecule has 2 aromatic rings. The first-order valence-corrected chi connectivity index (χ1v) is 9.66. The van der Waals surface area contributed by atoms with E-state index >= 15 is 0 Å². The van der Waals surface area contributed by atoms with Crippen LogP contribution in [0.2, 0.25) is 0 Å². The van der Waals surface area contributed by atoms with E-state index in [9.17, 15) is 9.59 Å². The summed E-state index contributed by atoms with van der Waals surface area (Å²) in [5.41, 5.74) is 3.92. The molecule has 0 radical (unpaired) electrons. The third kappa shape index (κ3) is 4.76. The fraction of sp³-hybridized carbons (Fsp3) is 0.391. The smallest absolute Gasteiger partial charge is 0.253 e. The summed E-state index contributed by atoms with van der Waals surface area (Å²) in [6.45, 7) is 9.85. The lowest BCUT2D eigenvalue weighted by atomic mass is 10.0. The van der Waals surface area contributed by atoms with Crippen LogP contribution in [0, 0.1) is 19.8 Å². The maximum atomic E-state index is 11.9. The summed E-state index contributed by atoms with van der Waals surface area (Å²) in [6.07, 6.45) is 1.15. The minimum atomic E-state index is 0.173. The van der Waals surface area contributed by atoms with E-state index in [2.05, 4.69) is 6.92 Å². The molecule has 0 unspecified atom stereocenters. The van der Waals surface area contributed by atoms with Gasteiger partial charge in [0.15, 0.2) is 0 Å². The standard InChI is InChI=1S/C12H15NO.C11H13NO/c1-9-4-3-5-11(6-9)12(14)13-7-10(2)8-13;1-9-4-2-5-10(8-9)11(13)12-6-3-7-12/h3-6,10H,7-8H2,1-2H3;2,4-5,8H,3,6-7H2,1H3. The average Bonchev–Trinajstić information content (AvgIpc) is 2.57. The van der Waals surface area contributed by atoms with E-state index in [0.717, 1.165) is 54.9 Å². The Labute approximate surface area is 161 Å². The Morgan fingerprint density at radius 1 is 0.815 bits per heavy atom. The van der Waals surface area contributed by atoms with Crippen molar-refractivity contribution in [3.05, 3.63) is 70.8 Å². The van der Waals surface area contributed by atoms with Crippen LogP contribution in [0.4, 0.5) is 0 Å². The molecule has 2 saturated heterocycles. The minimum absolute atomic E-state index is 0.173. The molecule has 0 aliphatic carbocycles. The van der Waals surface area contributed by atoms with Crippen molar-refractivity contribution in [2.75, 3.05) is 26.2 Å². The number of nitrogens with zero attached hydrogens (tertiary/aromatic N) is 2. The number of benzene rings is 2. The van der Waals surface area contributed by atoms with Crippen molar-refractivity contribution in [2.24, 2.45) is 5.92 Å². The van der Waals surface area contributed by atoms with Gasteiger partial charge in [0.1, 0.15) is 0 Å². The van der Waals surface area contributed by atoms with E-state index < -0.39 is 0 Å². The molecule has 2 fully saturated rings. The first-order chi connectivity index (χ1) is 12.9. The Morgan fingerprint density at radius 2 is 1.30 bits per heavy atom. The zero-order valence-electron chi connectivity index (χ0n) is 16.4. The monoisotopic (exact) mass is 364 g/mol. The van der Waals surface area contributed by atoms with Crippen LogP contribution in [-0.2, 0) is 0 Å². The molecule has 2 aromatic carbocycles. The summed E-state index contributed by atoms with van der Waals surface area (Å²) in [7, 11) is 0. The fourth-order valence-corrected chi connectivity index (χ4v) is 3.31. The normalized spacial score (nSPS) is 16.0. The van der Waals surface area contributed by atoms with Gasteiger partial charge in [-0.05, 0) is 50.5 Å². The summed E-state index contributed by atoms with van der Waals surface area (Å²) in [5, 5.41) is 0. The van der Waals surface area contributed by atoms with Gasteiger partial charge in [-0.3, -0.25) is 9.59 Å². The third-order valence-electron chi connectivity index (χ3n) is 5.02. The van der Waals surface area contributed by atoms with Crippen molar-refractivity contribution in [3.63, 3.8) is 0 Å². The molecular weight excluding hydrogens is 336 g/mol. The van der Waals surface area contributed by atoms with Crippen LogP contribution >= 0.6 is 0 Å². The predicted octanol–water partition coefficient (Wildman–Crippen LogP) is 3.93. The van der Waals surface area contributed by atoms with Crippen LogP contribution in [0.1, 0.15) is 45.2 Å². The van der Waals surface area contributed by atoms with Crippen molar-refractivity contribution >= 4 is 11.8 Å². The van der Waals surface area contributed by atoms with Crippen LogP contribution in [0.25, 0.3) is 0 Å². The number of aryl methyl sites for hydroxylation is 2. The van der Waals surface area contributed by atoms with Gasteiger partial charge in [0.2, 0.25) is 0 Å². The van der Waals surface area contributed by atoms with Gasteiger partial charge in [0.05, 0.1) is 0 Å². The van der Waals surface area contributed by atoms with E-state index in [1.807, 2.05) is 72.2 Å². The lowest BCUT2D eigenvalue weighted by Gasteiger charge is -2.37. The molecule has 0 atom stereocenters. The van der Waals surface area contributed by atoms with Crippen molar-refractivity contribution in [2.45, 2.75) is 27.2 Å². The number of hydrogen-bond donors (Lipinski definition) is 0. The Hall–Kier alpha value is -2.62. The Balaban J connectivity index is 0.000000156. The number of rotatable bonds is 2. The molecule has 2 heterocycles. The Morgan fingerprint density at radius 3 is 1.67 bits per heavy atom. The minimum Gasteiger partial charge on any atom is -0.339 e. The van der Waals surface area contributed by atoms with Crippen LogP contribution in [0.5, 0.6) is 0 Å². The summed E-state index contributed by atoms with van der Waals surface area (Å²) >= 11 is 0. The zero-order chi connectivity index (χ0) is 19.4. The molecule has 4 rings (SSSR count). The van der Waals surface area contributed by atoms with E-state index in [-0.39, 0.29) is 11.8 Å². The van der Waals surface area contributed by atoms with Gasteiger partial charge >= 0.3 is 0 Å². The van der Waals surface area contributed by atoms with E-state index in [0.29, 0.717) is 5.92 Å². The number of carbonyl (C=O) groups excluding carboxylic acids is 2. The molecular formula is C23H28N2O2. The summed E-state index contributed by atoms with van der Waals surface area (Å²) in [6, 6.07) is 15.6. The molecule has 0 bridgehead atoms. The number of hydrogen-bond acceptors (Lipinski definition) is 2. The van der Waals surface area contributed by atoms with Gasteiger partial charge in [0, 0.05) is 37.3 Å². The predicted molar refractivity (Wildman–Crippen MR) is 108 cm³/mol. The lowest BCUT2D eigenvalue weighted by molar-refractivity contribution is 0.0530. The fourth-order valence-electron chi connectivity index (χ4n) is 3.31. The largest absolute Gasteiger partial charge is 0.339 e. The first kappa shape index (κ1) is 19.2. The van der Waals surface area contributed by atoms with Gasteiger partial charge in [-0.1, -0.05) is 42.3 Å². The highest BCUT2D eigenvalue weighted by atomic mass is 16.2. The molecule has 0 spiro atoms. The SMILES string of the molecule is Cc1cccc(C(=O)N2CC(C)C2)c1.Cc1cccc(C(=O)N2CCC2)c1. The second-order valence-electron chi connectivity index (χ2n) is 7.70. The second kappa shape index (κ2) is 8.38. The quantitative estimate of drug-likeness (QED) is 0.810. The van der Waals surface area contributed by atoms with Crippen LogP contribution in [0.15, 0.2) is 48.5 Å². The van der Waals surface area contributed by atoms with E-state index in [1.165, 1.54) is 0 Å². The van der Waals surface area contributed by atoms with Crippen molar-refractivity contribution in [1.29, 1.82) is 0 Å². The number of likely N-dealkylation sites (tertiary alicyclic amines) is 2. The molecule has 2 amide bonds. The molecule has 4 heteroatoms. The lowest BCUT2D eigenvalue weighted by Crippen LogP contribution is -2.48. The number of amides is 2. The van der Waals surface area contributed by atoms with Crippen molar-refractivity contribution < 1.29 is 9.59 Å². The van der Waals surface area contributed by atoms with E-state index in [1.54, 1.807) is 0 Å². The molecule has 0 saturated carbocycles. The van der Waals surface area contributed by atoms with Crippen molar-refractivity contribution in [1.82, 2.24) is 9.80 Å². The molecule has 2 aliphatic rings. The third-order valence-corrected chi connectivity index (χ3v) is 5.02. The highest BCUT2D eigenvalue weighted by Crippen LogP contribution is 2.18. The van der Waals surface area contributed by atoms with Gasteiger partial charge in [-0.15, -0.1) is 0 Å².